The lowest BCUT2D eigenvalue weighted by Crippen LogP contribution is -2.16. The van der Waals surface area contributed by atoms with Gasteiger partial charge in [-0.1, -0.05) is 0 Å². The number of aryl methyl sites for hydroxylation is 2. The van der Waals surface area contributed by atoms with Crippen LogP contribution in [0.15, 0.2) is 48.8 Å². The molecule has 0 saturated heterocycles. The van der Waals surface area contributed by atoms with Crippen LogP contribution in [0.4, 0.5) is 11.4 Å². The Morgan fingerprint density at radius 2 is 1.78 bits per heavy atom. The molecule has 2 N–H and O–H groups in total. The van der Waals surface area contributed by atoms with E-state index < -0.39 is 0 Å². The minimum atomic E-state index is -0.234. The largest absolute Gasteiger partial charge is 0.326 e. The van der Waals surface area contributed by atoms with Crippen molar-refractivity contribution in [2.24, 2.45) is 7.05 Å². The first-order valence-electron chi connectivity index (χ1n) is 8.54. The van der Waals surface area contributed by atoms with Crippen molar-refractivity contribution in [3.05, 3.63) is 71.3 Å². The maximum atomic E-state index is 12.3. The van der Waals surface area contributed by atoms with Crippen molar-refractivity contribution in [2.75, 3.05) is 10.6 Å². The Bertz CT molecular complexity index is 962. The Morgan fingerprint density at radius 1 is 1.04 bits per heavy atom. The molecule has 2 aromatic heterocycles. The normalized spacial score (nSPS) is 10.5. The third-order valence-corrected chi connectivity index (χ3v) is 4.35. The van der Waals surface area contributed by atoms with E-state index in [0.29, 0.717) is 16.9 Å². The summed E-state index contributed by atoms with van der Waals surface area (Å²) >= 11 is 0. The molecular formula is C20H21N5O2. The highest BCUT2D eigenvalue weighted by molar-refractivity contribution is 6.04. The van der Waals surface area contributed by atoms with Crippen LogP contribution >= 0.6 is 0 Å². The van der Waals surface area contributed by atoms with Crippen molar-refractivity contribution in [1.82, 2.24) is 14.8 Å². The maximum absolute atomic E-state index is 12.3. The van der Waals surface area contributed by atoms with Gasteiger partial charge in [0.25, 0.3) is 5.91 Å². The summed E-state index contributed by atoms with van der Waals surface area (Å²) in [6, 6.07) is 10.3. The smallest absolute Gasteiger partial charge is 0.255 e. The highest BCUT2D eigenvalue weighted by Crippen LogP contribution is 2.15. The van der Waals surface area contributed by atoms with E-state index in [1.54, 1.807) is 53.5 Å². The van der Waals surface area contributed by atoms with Gasteiger partial charge in [0.1, 0.15) is 0 Å². The number of carbonyl (C=O) groups is 2. The summed E-state index contributed by atoms with van der Waals surface area (Å²) in [5.74, 6) is -0.357. The quantitative estimate of drug-likeness (QED) is 0.729. The van der Waals surface area contributed by atoms with Crippen molar-refractivity contribution in [1.29, 1.82) is 0 Å². The topological polar surface area (TPSA) is 88.9 Å². The fraction of sp³-hybridized carbons (Fsp3) is 0.200. The average Bonchev–Trinajstić information content (AvgIpc) is 2.89. The summed E-state index contributed by atoms with van der Waals surface area (Å²) in [4.78, 5) is 28.5. The lowest BCUT2D eigenvalue weighted by Gasteiger charge is -2.08. The molecule has 27 heavy (non-hydrogen) atoms. The van der Waals surface area contributed by atoms with Gasteiger partial charge in [0.05, 0.1) is 24.0 Å². The maximum Gasteiger partial charge on any atom is 0.255 e. The van der Waals surface area contributed by atoms with Crippen LogP contribution in [0.3, 0.4) is 0 Å². The predicted octanol–water partition coefficient (Wildman–Crippen LogP) is 2.87. The molecule has 7 heteroatoms. The second-order valence-electron chi connectivity index (χ2n) is 6.27. The molecule has 0 saturated carbocycles. The fourth-order valence-electron chi connectivity index (χ4n) is 2.78. The molecule has 138 valence electrons. The summed E-state index contributed by atoms with van der Waals surface area (Å²) in [5.41, 5.74) is 4.52. The molecule has 2 amide bonds. The first-order chi connectivity index (χ1) is 12.9. The molecule has 0 aliphatic carbocycles. The van der Waals surface area contributed by atoms with Crippen LogP contribution in [0.2, 0.25) is 0 Å². The molecular weight excluding hydrogens is 342 g/mol. The Hall–Kier alpha value is -3.48. The van der Waals surface area contributed by atoms with E-state index in [9.17, 15) is 9.59 Å². The van der Waals surface area contributed by atoms with Crippen molar-refractivity contribution < 1.29 is 9.59 Å². The Balaban J connectivity index is 1.61. The van der Waals surface area contributed by atoms with Gasteiger partial charge in [-0.05, 0) is 50.2 Å². The number of amides is 2. The van der Waals surface area contributed by atoms with E-state index in [4.69, 9.17) is 0 Å². The lowest BCUT2D eigenvalue weighted by atomic mass is 10.1. The third-order valence-electron chi connectivity index (χ3n) is 4.35. The van der Waals surface area contributed by atoms with E-state index >= 15 is 0 Å². The molecule has 0 spiro atoms. The molecule has 3 rings (SSSR count). The summed E-state index contributed by atoms with van der Waals surface area (Å²) in [5, 5.41) is 9.94. The summed E-state index contributed by atoms with van der Waals surface area (Å²) < 4.78 is 1.77. The molecule has 0 aliphatic heterocycles. The molecule has 3 aromatic rings. The van der Waals surface area contributed by atoms with Crippen LogP contribution in [-0.2, 0) is 18.3 Å². The predicted molar refractivity (Wildman–Crippen MR) is 104 cm³/mol. The van der Waals surface area contributed by atoms with E-state index in [-0.39, 0.29) is 18.2 Å². The zero-order valence-electron chi connectivity index (χ0n) is 15.5. The number of anilines is 2. The molecule has 7 nitrogen and oxygen atoms in total. The molecule has 0 bridgehead atoms. The Labute approximate surface area is 157 Å². The molecule has 0 aliphatic rings. The van der Waals surface area contributed by atoms with Crippen molar-refractivity contribution in [2.45, 2.75) is 20.3 Å². The SMILES string of the molecule is Cc1nn(C)c(C)c1CC(=O)Nc1ccc(C(=O)Nc2cccnc2)cc1. The minimum Gasteiger partial charge on any atom is -0.326 e. The lowest BCUT2D eigenvalue weighted by molar-refractivity contribution is -0.115. The van der Waals surface area contributed by atoms with Crippen molar-refractivity contribution >= 4 is 23.2 Å². The number of hydrogen-bond acceptors (Lipinski definition) is 4. The standard InChI is InChI=1S/C20H21N5O2/c1-13-18(14(2)25(3)24-13)11-19(26)22-16-8-6-15(7-9-16)20(27)23-17-5-4-10-21-12-17/h4-10,12H,11H2,1-3H3,(H,22,26)(H,23,27). The second kappa shape index (κ2) is 7.82. The first-order valence-corrected chi connectivity index (χ1v) is 8.54. The second-order valence-corrected chi connectivity index (χ2v) is 6.27. The summed E-state index contributed by atoms with van der Waals surface area (Å²) in [6.07, 6.45) is 3.48. The average molecular weight is 363 g/mol. The van der Waals surface area contributed by atoms with Crippen molar-refractivity contribution in [3.63, 3.8) is 0 Å². The zero-order chi connectivity index (χ0) is 19.4. The number of nitrogens with one attached hydrogen (secondary N) is 2. The van der Waals surface area contributed by atoms with Gasteiger partial charge in [-0.25, -0.2) is 0 Å². The van der Waals surface area contributed by atoms with Crippen LogP contribution in [0.5, 0.6) is 0 Å². The zero-order valence-corrected chi connectivity index (χ0v) is 15.5. The Kier molecular flexibility index (Phi) is 5.30. The Morgan fingerprint density at radius 3 is 2.37 bits per heavy atom. The number of pyridine rings is 1. The molecule has 0 fully saturated rings. The summed E-state index contributed by atoms with van der Waals surface area (Å²) in [6.45, 7) is 3.84. The van der Waals surface area contributed by atoms with Gasteiger partial charge in [0.2, 0.25) is 5.91 Å². The van der Waals surface area contributed by atoms with Gasteiger partial charge in [-0.2, -0.15) is 5.10 Å². The molecule has 0 atom stereocenters. The van der Waals surface area contributed by atoms with E-state index in [0.717, 1.165) is 17.0 Å². The monoisotopic (exact) mass is 363 g/mol. The van der Waals surface area contributed by atoms with Gasteiger partial charge in [0, 0.05) is 35.8 Å². The van der Waals surface area contributed by atoms with E-state index in [1.807, 2.05) is 20.9 Å². The number of carbonyl (C=O) groups excluding carboxylic acids is 2. The van der Waals surface area contributed by atoms with E-state index in [1.165, 1.54) is 0 Å². The number of aromatic nitrogens is 3. The van der Waals surface area contributed by atoms with Crippen LogP contribution in [0, 0.1) is 13.8 Å². The number of hydrogen-bond donors (Lipinski definition) is 2. The molecule has 2 heterocycles. The van der Waals surface area contributed by atoms with E-state index in [2.05, 4.69) is 20.7 Å². The number of benzene rings is 1. The van der Waals surface area contributed by atoms with Crippen LogP contribution in [0.1, 0.15) is 27.3 Å². The molecule has 0 unspecified atom stereocenters. The fourth-order valence-corrected chi connectivity index (χ4v) is 2.78. The number of rotatable bonds is 5. The molecule has 0 radical (unpaired) electrons. The summed E-state index contributed by atoms with van der Waals surface area (Å²) in [7, 11) is 1.86. The van der Waals surface area contributed by atoms with Crippen LogP contribution in [0.25, 0.3) is 0 Å². The highest BCUT2D eigenvalue weighted by atomic mass is 16.2. The van der Waals surface area contributed by atoms with Gasteiger partial charge < -0.3 is 10.6 Å². The van der Waals surface area contributed by atoms with Gasteiger partial charge in [-0.3, -0.25) is 19.3 Å². The molecule has 1 aromatic carbocycles. The first kappa shape index (κ1) is 18.3. The van der Waals surface area contributed by atoms with Crippen LogP contribution in [-0.4, -0.2) is 26.6 Å². The van der Waals surface area contributed by atoms with Gasteiger partial charge >= 0.3 is 0 Å². The van der Waals surface area contributed by atoms with Crippen molar-refractivity contribution in [3.8, 4) is 0 Å². The van der Waals surface area contributed by atoms with Gasteiger partial charge in [0.15, 0.2) is 0 Å². The number of nitrogens with zero attached hydrogens (tertiary/aromatic N) is 3. The van der Waals surface area contributed by atoms with Crippen LogP contribution < -0.4 is 10.6 Å². The highest BCUT2D eigenvalue weighted by Gasteiger charge is 2.14. The minimum absolute atomic E-state index is 0.123. The van der Waals surface area contributed by atoms with Gasteiger partial charge in [-0.15, -0.1) is 0 Å². The third kappa shape index (κ3) is 4.38.